The predicted octanol–water partition coefficient (Wildman–Crippen LogP) is 3.24. The van der Waals surface area contributed by atoms with Crippen molar-refractivity contribution in [1.82, 2.24) is 5.16 Å². The molecule has 122 valence electrons. The molecule has 1 aromatic heterocycles. The lowest BCUT2D eigenvalue weighted by Crippen LogP contribution is -2.20. The zero-order chi connectivity index (χ0) is 17.0. The van der Waals surface area contributed by atoms with Gasteiger partial charge in [-0.3, -0.25) is 10.1 Å². The zero-order valence-corrected chi connectivity index (χ0v) is 13.2. The number of aromatic nitrogens is 1. The highest BCUT2D eigenvalue weighted by Gasteiger charge is 2.20. The molecule has 0 aliphatic heterocycles. The summed E-state index contributed by atoms with van der Waals surface area (Å²) in [5, 5.41) is 17.9. The summed E-state index contributed by atoms with van der Waals surface area (Å²) in [6, 6.07) is 7.84. The highest BCUT2D eigenvalue weighted by atomic mass is 16.5. The molecule has 1 aromatic carbocycles. The smallest absolute Gasteiger partial charge is 0.326 e. The largest absolute Gasteiger partial charge is 0.481 e. The molecule has 2 rings (SSSR count). The molecule has 0 saturated heterocycles. The van der Waals surface area contributed by atoms with Crippen LogP contribution in [0, 0.1) is 0 Å². The van der Waals surface area contributed by atoms with E-state index >= 15 is 0 Å². The maximum atomic E-state index is 12.0. The maximum Gasteiger partial charge on any atom is 0.326 e. The van der Waals surface area contributed by atoms with E-state index in [0.717, 1.165) is 5.69 Å². The molecule has 1 heterocycles. The number of nitrogens with one attached hydrogen (secondary N) is 2. The summed E-state index contributed by atoms with van der Waals surface area (Å²) >= 11 is 0. The molecule has 0 unspecified atom stereocenters. The van der Waals surface area contributed by atoms with Crippen molar-refractivity contribution in [1.29, 1.82) is 0 Å². The van der Waals surface area contributed by atoms with Crippen LogP contribution in [0.5, 0.6) is 0 Å². The number of carbonyl (C=O) groups is 2. The van der Waals surface area contributed by atoms with E-state index in [1.165, 1.54) is 0 Å². The average molecular weight is 317 g/mol. The van der Waals surface area contributed by atoms with Crippen molar-refractivity contribution in [2.45, 2.75) is 32.6 Å². The van der Waals surface area contributed by atoms with Crippen molar-refractivity contribution in [3.05, 3.63) is 41.6 Å². The Bertz CT molecular complexity index is 716. The van der Waals surface area contributed by atoms with Gasteiger partial charge in [-0.25, -0.2) is 4.79 Å². The number of carbonyl (C=O) groups excluding carboxylic acids is 1. The number of hydrogen-bond donors (Lipinski definition) is 3. The van der Waals surface area contributed by atoms with E-state index < -0.39 is 12.0 Å². The SMILES string of the molecule is CC(C)(C)c1cc(NC(=O)Nc2ccccc2CC(=O)O)on1. The van der Waals surface area contributed by atoms with Crippen LogP contribution in [-0.2, 0) is 16.6 Å². The Morgan fingerprint density at radius 1 is 1.22 bits per heavy atom. The number of amides is 2. The molecule has 2 aromatic rings. The third-order valence-corrected chi connectivity index (χ3v) is 3.12. The minimum atomic E-state index is -0.968. The van der Waals surface area contributed by atoms with Crippen LogP contribution in [0.15, 0.2) is 34.9 Å². The lowest BCUT2D eigenvalue weighted by molar-refractivity contribution is -0.136. The van der Waals surface area contributed by atoms with Crippen molar-refractivity contribution in [3.8, 4) is 0 Å². The Kier molecular flexibility index (Phi) is 4.68. The minimum absolute atomic E-state index is 0.174. The van der Waals surface area contributed by atoms with Gasteiger partial charge in [0.25, 0.3) is 0 Å². The Labute approximate surface area is 133 Å². The molecule has 0 fully saturated rings. The van der Waals surface area contributed by atoms with Gasteiger partial charge in [-0.05, 0) is 11.6 Å². The van der Waals surface area contributed by atoms with E-state index in [1.807, 2.05) is 20.8 Å². The lowest BCUT2D eigenvalue weighted by atomic mass is 9.92. The molecular weight excluding hydrogens is 298 g/mol. The van der Waals surface area contributed by atoms with Crippen molar-refractivity contribution < 1.29 is 19.2 Å². The lowest BCUT2D eigenvalue weighted by Gasteiger charge is -2.12. The third-order valence-electron chi connectivity index (χ3n) is 3.12. The van der Waals surface area contributed by atoms with Crippen LogP contribution in [-0.4, -0.2) is 22.3 Å². The molecule has 0 aliphatic rings. The van der Waals surface area contributed by atoms with Crippen LogP contribution < -0.4 is 10.6 Å². The first kappa shape index (κ1) is 16.5. The molecule has 0 saturated carbocycles. The fraction of sp³-hybridized carbons (Fsp3) is 0.312. The molecule has 2 amide bonds. The zero-order valence-electron chi connectivity index (χ0n) is 13.2. The molecule has 7 heteroatoms. The standard InChI is InChI=1S/C16H19N3O4/c1-16(2,3)12-9-13(23-19-12)18-15(22)17-11-7-5-4-6-10(11)8-14(20)21/h4-7,9H,8H2,1-3H3,(H,20,21)(H2,17,18,22). The van der Waals surface area contributed by atoms with Gasteiger partial charge in [-0.15, -0.1) is 0 Å². The van der Waals surface area contributed by atoms with E-state index in [2.05, 4.69) is 15.8 Å². The molecule has 0 atom stereocenters. The van der Waals surface area contributed by atoms with Gasteiger partial charge in [-0.2, -0.15) is 0 Å². The number of para-hydroxylation sites is 1. The second-order valence-electron chi connectivity index (χ2n) is 6.13. The predicted molar refractivity (Wildman–Crippen MR) is 85.6 cm³/mol. The Hall–Kier alpha value is -2.83. The van der Waals surface area contributed by atoms with Crippen molar-refractivity contribution in [2.75, 3.05) is 10.6 Å². The summed E-state index contributed by atoms with van der Waals surface area (Å²) in [7, 11) is 0. The second-order valence-corrected chi connectivity index (χ2v) is 6.13. The van der Waals surface area contributed by atoms with Gasteiger partial charge in [0.1, 0.15) is 0 Å². The number of anilines is 2. The van der Waals surface area contributed by atoms with Gasteiger partial charge in [0.2, 0.25) is 5.88 Å². The second kappa shape index (κ2) is 6.51. The first-order chi connectivity index (χ1) is 10.8. The van der Waals surface area contributed by atoms with E-state index in [1.54, 1.807) is 30.3 Å². The maximum absolute atomic E-state index is 12.0. The number of benzene rings is 1. The van der Waals surface area contributed by atoms with Gasteiger partial charge in [0.05, 0.1) is 12.1 Å². The fourth-order valence-corrected chi connectivity index (χ4v) is 1.91. The van der Waals surface area contributed by atoms with E-state index in [9.17, 15) is 9.59 Å². The highest BCUT2D eigenvalue weighted by molar-refractivity contribution is 5.99. The first-order valence-electron chi connectivity index (χ1n) is 7.10. The Balaban J connectivity index is 2.05. The minimum Gasteiger partial charge on any atom is -0.481 e. The van der Waals surface area contributed by atoms with Crippen LogP contribution in [0.1, 0.15) is 32.0 Å². The first-order valence-corrected chi connectivity index (χ1v) is 7.10. The summed E-state index contributed by atoms with van der Waals surface area (Å²) in [6.07, 6.45) is -0.174. The molecule has 0 radical (unpaired) electrons. The fourth-order valence-electron chi connectivity index (χ4n) is 1.91. The summed E-state index contributed by atoms with van der Waals surface area (Å²) in [6.45, 7) is 5.95. The molecule has 0 aliphatic carbocycles. The third kappa shape index (κ3) is 4.57. The summed E-state index contributed by atoms with van der Waals surface area (Å²) < 4.78 is 5.08. The molecule has 0 spiro atoms. The monoisotopic (exact) mass is 317 g/mol. The number of nitrogens with zero attached hydrogens (tertiary/aromatic N) is 1. The summed E-state index contributed by atoms with van der Waals surface area (Å²) in [5.74, 6) is -0.743. The quantitative estimate of drug-likeness (QED) is 0.803. The molecule has 7 nitrogen and oxygen atoms in total. The highest BCUT2D eigenvalue weighted by Crippen LogP contribution is 2.24. The van der Waals surface area contributed by atoms with Gasteiger partial charge in [0.15, 0.2) is 0 Å². The van der Waals surface area contributed by atoms with E-state index in [0.29, 0.717) is 11.3 Å². The summed E-state index contributed by atoms with van der Waals surface area (Å²) in [5.41, 5.74) is 1.48. The Morgan fingerprint density at radius 2 is 1.91 bits per heavy atom. The van der Waals surface area contributed by atoms with Gasteiger partial charge in [0, 0.05) is 17.2 Å². The number of hydrogen-bond acceptors (Lipinski definition) is 4. The molecule has 23 heavy (non-hydrogen) atoms. The van der Waals surface area contributed by atoms with Crippen LogP contribution >= 0.6 is 0 Å². The summed E-state index contributed by atoms with van der Waals surface area (Å²) in [4.78, 5) is 22.9. The number of rotatable bonds is 4. The van der Waals surface area contributed by atoms with Crippen LogP contribution in [0.2, 0.25) is 0 Å². The van der Waals surface area contributed by atoms with Gasteiger partial charge in [-0.1, -0.05) is 44.1 Å². The number of urea groups is 1. The number of carboxylic acids is 1. The van der Waals surface area contributed by atoms with Crippen LogP contribution in [0.3, 0.4) is 0 Å². The normalized spacial score (nSPS) is 11.1. The average Bonchev–Trinajstić information content (AvgIpc) is 2.89. The molecule has 0 bridgehead atoms. The van der Waals surface area contributed by atoms with E-state index in [4.69, 9.17) is 9.63 Å². The van der Waals surface area contributed by atoms with Crippen molar-refractivity contribution in [3.63, 3.8) is 0 Å². The molecular formula is C16H19N3O4. The van der Waals surface area contributed by atoms with Crippen LogP contribution in [0.4, 0.5) is 16.4 Å². The molecule has 3 N–H and O–H groups in total. The van der Waals surface area contributed by atoms with Crippen molar-refractivity contribution >= 4 is 23.6 Å². The number of aliphatic carboxylic acids is 1. The van der Waals surface area contributed by atoms with Gasteiger partial charge < -0.3 is 14.9 Å². The number of carboxylic acid groups (broad SMARTS) is 1. The van der Waals surface area contributed by atoms with Crippen molar-refractivity contribution in [2.24, 2.45) is 0 Å². The topological polar surface area (TPSA) is 104 Å². The van der Waals surface area contributed by atoms with Gasteiger partial charge >= 0.3 is 12.0 Å². The Morgan fingerprint density at radius 3 is 2.52 bits per heavy atom. The van der Waals surface area contributed by atoms with E-state index in [-0.39, 0.29) is 17.7 Å². The van der Waals surface area contributed by atoms with Crippen LogP contribution in [0.25, 0.3) is 0 Å².